The van der Waals surface area contributed by atoms with Gasteiger partial charge < -0.3 is 5.11 Å². The third-order valence-electron chi connectivity index (χ3n) is 2.94. The van der Waals surface area contributed by atoms with Gasteiger partial charge in [-0.1, -0.05) is 35.9 Å². The third-order valence-corrected chi connectivity index (χ3v) is 4.09. The smallest absolute Gasteiger partial charge is 0.104 e. The maximum Gasteiger partial charge on any atom is 0.104 e. The maximum absolute atomic E-state index is 10.3. The van der Waals surface area contributed by atoms with Crippen molar-refractivity contribution >= 4 is 23.4 Å². The molecule has 94 valence electrons. The molecular formula is C15H15ClOS. The summed E-state index contributed by atoms with van der Waals surface area (Å²) >= 11 is 7.77. The van der Waals surface area contributed by atoms with Crippen LogP contribution in [-0.2, 0) is 0 Å². The number of rotatable bonds is 3. The molecule has 0 saturated heterocycles. The summed E-state index contributed by atoms with van der Waals surface area (Å²) in [5.41, 5.74) is 2.72. The molecule has 2 aromatic rings. The molecule has 0 bridgehead atoms. The van der Waals surface area contributed by atoms with Crippen molar-refractivity contribution in [2.45, 2.75) is 17.9 Å². The fourth-order valence-corrected chi connectivity index (χ4v) is 2.36. The summed E-state index contributed by atoms with van der Waals surface area (Å²) in [4.78, 5) is 1.19. The lowest BCUT2D eigenvalue weighted by molar-refractivity contribution is 0.220. The highest BCUT2D eigenvalue weighted by atomic mass is 35.5. The van der Waals surface area contributed by atoms with Crippen molar-refractivity contribution in [3.63, 3.8) is 0 Å². The molecule has 0 saturated carbocycles. The number of hydrogen-bond donors (Lipinski definition) is 1. The van der Waals surface area contributed by atoms with Gasteiger partial charge in [0.05, 0.1) is 0 Å². The van der Waals surface area contributed by atoms with Crippen molar-refractivity contribution < 1.29 is 5.11 Å². The summed E-state index contributed by atoms with van der Waals surface area (Å²) in [5, 5.41) is 11.0. The molecule has 0 amide bonds. The van der Waals surface area contributed by atoms with Gasteiger partial charge in [-0.15, -0.1) is 11.8 Å². The number of aliphatic hydroxyl groups excluding tert-OH is 1. The number of halogens is 1. The van der Waals surface area contributed by atoms with Crippen LogP contribution in [0.3, 0.4) is 0 Å². The highest BCUT2D eigenvalue weighted by Gasteiger charge is 2.11. The molecular weight excluding hydrogens is 264 g/mol. The lowest BCUT2D eigenvalue weighted by Crippen LogP contribution is -1.99. The molecule has 0 heterocycles. The summed E-state index contributed by atoms with van der Waals surface area (Å²) in [6.07, 6.45) is 1.41. The van der Waals surface area contributed by atoms with Gasteiger partial charge in [0.25, 0.3) is 0 Å². The zero-order valence-electron chi connectivity index (χ0n) is 10.4. The Kier molecular flexibility index (Phi) is 4.33. The third kappa shape index (κ3) is 2.89. The summed E-state index contributed by atoms with van der Waals surface area (Å²) in [7, 11) is 0. The second-order valence-corrected chi connectivity index (χ2v) is 5.47. The van der Waals surface area contributed by atoms with E-state index in [1.807, 2.05) is 55.6 Å². The SMILES string of the molecule is CSc1ccc(C(O)c2ccc(C)c(Cl)c2)cc1. The Hall–Kier alpha value is -0.960. The second-order valence-electron chi connectivity index (χ2n) is 4.18. The van der Waals surface area contributed by atoms with E-state index < -0.39 is 6.10 Å². The van der Waals surface area contributed by atoms with Gasteiger partial charge in [0.15, 0.2) is 0 Å². The van der Waals surface area contributed by atoms with Gasteiger partial charge in [0.2, 0.25) is 0 Å². The van der Waals surface area contributed by atoms with Gasteiger partial charge >= 0.3 is 0 Å². The van der Waals surface area contributed by atoms with Crippen LogP contribution in [0.15, 0.2) is 47.4 Å². The molecule has 0 aromatic heterocycles. The molecule has 18 heavy (non-hydrogen) atoms. The molecule has 2 rings (SSSR count). The van der Waals surface area contributed by atoms with Gasteiger partial charge in [0, 0.05) is 9.92 Å². The predicted octanol–water partition coefficient (Wildman–Crippen LogP) is 4.45. The number of benzene rings is 2. The number of hydrogen-bond acceptors (Lipinski definition) is 2. The van der Waals surface area contributed by atoms with Crippen molar-refractivity contribution in [3.8, 4) is 0 Å². The van der Waals surface area contributed by atoms with Gasteiger partial charge in [0.1, 0.15) is 6.10 Å². The van der Waals surface area contributed by atoms with Crippen LogP contribution in [0.25, 0.3) is 0 Å². The molecule has 1 unspecified atom stereocenters. The van der Waals surface area contributed by atoms with Crippen LogP contribution in [0.2, 0.25) is 5.02 Å². The molecule has 1 nitrogen and oxygen atoms in total. The standard InChI is InChI=1S/C15H15ClOS/c1-10-3-4-12(9-14(10)16)15(17)11-5-7-13(18-2)8-6-11/h3-9,15,17H,1-2H3. The first-order valence-electron chi connectivity index (χ1n) is 5.70. The quantitative estimate of drug-likeness (QED) is 0.837. The molecule has 0 fully saturated rings. The van der Waals surface area contributed by atoms with Crippen LogP contribution in [0.1, 0.15) is 22.8 Å². The van der Waals surface area contributed by atoms with E-state index in [0.717, 1.165) is 16.7 Å². The van der Waals surface area contributed by atoms with E-state index in [4.69, 9.17) is 11.6 Å². The van der Waals surface area contributed by atoms with E-state index in [9.17, 15) is 5.11 Å². The van der Waals surface area contributed by atoms with E-state index in [-0.39, 0.29) is 0 Å². The van der Waals surface area contributed by atoms with E-state index in [2.05, 4.69) is 0 Å². The van der Waals surface area contributed by atoms with Crippen molar-refractivity contribution in [1.29, 1.82) is 0 Å². The maximum atomic E-state index is 10.3. The largest absolute Gasteiger partial charge is 0.384 e. The summed E-state index contributed by atoms with van der Waals surface area (Å²) in [6.45, 7) is 1.95. The Bertz CT molecular complexity index is 537. The minimum absolute atomic E-state index is 0.626. The fourth-order valence-electron chi connectivity index (χ4n) is 1.76. The molecule has 3 heteroatoms. The predicted molar refractivity (Wildman–Crippen MR) is 78.5 cm³/mol. The molecule has 0 aliphatic heterocycles. The Morgan fingerprint density at radius 3 is 2.22 bits per heavy atom. The Labute approximate surface area is 117 Å². The first-order valence-corrected chi connectivity index (χ1v) is 7.30. The van der Waals surface area contributed by atoms with Crippen molar-refractivity contribution in [2.75, 3.05) is 6.26 Å². The normalized spacial score (nSPS) is 12.4. The highest BCUT2D eigenvalue weighted by Crippen LogP contribution is 2.27. The van der Waals surface area contributed by atoms with Crippen LogP contribution in [0.5, 0.6) is 0 Å². The summed E-state index contributed by atoms with van der Waals surface area (Å²) in [5.74, 6) is 0. The monoisotopic (exact) mass is 278 g/mol. The zero-order valence-corrected chi connectivity index (χ0v) is 11.9. The average molecular weight is 279 g/mol. The summed E-state index contributed by atoms with van der Waals surface area (Å²) < 4.78 is 0. The minimum Gasteiger partial charge on any atom is -0.384 e. The van der Waals surface area contributed by atoms with Gasteiger partial charge in [-0.05, 0) is 48.1 Å². The van der Waals surface area contributed by atoms with Crippen LogP contribution in [0, 0.1) is 6.92 Å². The van der Waals surface area contributed by atoms with E-state index in [1.54, 1.807) is 11.8 Å². The van der Waals surface area contributed by atoms with Crippen molar-refractivity contribution in [3.05, 3.63) is 64.2 Å². The van der Waals surface area contributed by atoms with Crippen LogP contribution >= 0.6 is 23.4 Å². The fraction of sp³-hybridized carbons (Fsp3) is 0.200. The number of aryl methyl sites for hydroxylation is 1. The molecule has 0 aliphatic carbocycles. The Morgan fingerprint density at radius 2 is 1.67 bits per heavy atom. The molecule has 0 spiro atoms. The summed E-state index contributed by atoms with van der Waals surface area (Å²) in [6, 6.07) is 13.6. The molecule has 2 aromatic carbocycles. The van der Waals surface area contributed by atoms with Gasteiger partial charge in [-0.25, -0.2) is 0 Å². The lowest BCUT2D eigenvalue weighted by Gasteiger charge is -2.13. The van der Waals surface area contributed by atoms with Crippen molar-refractivity contribution in [1.82, 2.24) is 0 Å². The lowest BCUT2D eigenvalue weighted by atomic mass is 10.0. The van der Waals surface area contributed by atoms with E-state index in [1.165, 1.54) is 4.90 Å². The first kappa shape index (κ1) is 13.5. The average Bonchev–Trinajstić information content (AvgIpc) is 2.41. The van der Waals surface area contributed by atoms with E-state index in [0.29, 0.717) is 5.02 Å². The van der Waals surface area contributed by atoms with Gasteiger partial charge in [-0.2, -0.15) is 0 Å². The van der Waals surface area contributed by atoms with Gasteiger partial charge in [-0.3, -0.25) is 0 Å². The Morgan fingerprint density at radius 1 is 1.06 bits per heavy atom. The first-order chi connectivity index (χ1) is 8.61. The van der Waals surface area contributed by atoms with Crippen LogP contribution < -0.4 is 0 Å². The number of thioether (sulfide) groups is 1. The van der Waals surface area contributed by atoms with Crippen molar-refractivity contribution in [2.24, 2.45) is 0 Å². The zero-order chi connectivity index (χ0) is 13.1. The second kappa shape index (κ2) is 5.79. The van der Waals surface area contributed by atoms with Crippen LogP contribution in [0.4, 0.5) is 0 Å². The Balaban J connectivity index is 2.28. The van der Waals surface area contributed by atoms with E-state index >= 15 is 0 Å². The molecule has 1 N–H and O–H groups in total. The molecule has 0 aliphatic rings. The highest BCUT2D eigenvalue weighted by molar-refractivity contribution is 7.98. The molecule has 1 atom stereocenters. The van der Waals surface area contributed by atoms with Crippen LogP contribution in [-0.4, -0.2) is 11.4 Å². The minimum atomic E-state index is -0.626. The number of aliphatic hydroxyl groups is 1. The molecule has 0 radical (unpaired) electrons. The topological polar surface area (TPSA) is 20.2 Å².